The van der Waals surface area contributed by atoms with E-state index in [4.69, 9.17) is 0 Å². The molecule has 1 heterocycles. The SMILES string of the molecule is CCCNCC1(CN2CCCCC2CC)CCCCCC1. The van der Waals surface area contributed by atoms with Crippen molar-refractivity contribution in [3.8, 4) is 0 Å². The molecule has 2 nitrogen and oxygen atoms in total. The molecule has 2 aliphatic rings. The van der Waals surface area contributed by atoms with Crippen LogP contribution in [0, 0.1) is 5.41 Å². The van der Waals surface area contributed by atoms with E-state index in [1.807, 2.05) is 0 Å². The molecule has 2 fully saturated rings. The van der Waals surface area contributed by atoms with Crippen molar-refractivity contribution in [2.45, 2.75) is 90.5 Å². The van der Waals surface area contributed by atoms with Crippen LogP contribution < -0.4 is 5.32 Å². The van der Waals surface area contributed by atoms with Gasteiger partial charge in [0.15, 0.2) is 0 Å². The summed E-state index contributed by atoms with van der Waals surface area (Å²) >= 11 is 0. The minimum atomic E-state index is 0.566. The fourth-order valence-electron chi connectivity index (χ4n) is 4.56. The highest BCUT2D eigenvalue weighted by atomic mass is 15.2. The summed E-state index contributed by atoms with van der Waals surface area (Å²) in [5.74, 6) is 0. The topological polar surface area (TPSA) is 15.3 Å². The molecule has 2 heteroatoms. The maximum atomic E-state index is 3.77. The summed E-state index contributed by atoms with van der Waals surface area (Å²) in [5, 5.41) is 3.77. The van der Waals surface area contributed by atoms with Crippen molar-refractivity contribution >= 4 is 0 Å². The smallest absolute Gasteiger partial charge is 0.00928 e. The third kappa shape index (κ3) is 5.25. The number of piperidine rings is 1. The molecule has 21 heavy (non-hydrogen) atoms. The maximum Gasteiger partial charge on any atom is 0.00928 e. The van der Waals surface area contributed by atoms with Crippen molar-refractivity contribution in [1.82, 2.24) is 10.2 Å². The van der Waals surface area contributed by atoms with Gasteiger partial charge in [0.05, 0.1) is 0 Å². The minimum absolute atomic E-state index is 0.566. The summed E-state index contributed by atoms with van der Waals surface area (Å²) in [4.78, 5) is 2.86. The molecule has 1 atom stereocenters. The van der Waals surface area contributed by atoms with Gasteiger partial charge < -0.3 is 5.32 Å². The Hall–Kier alpha value is -0.0800. The first-order valence-electron chi connectivity index (χ1n) is 9.74. The number of hydrogen-bond acceptors (Lipinski definition) is 2. The Kier molecular flexibility index (Phi) is 7.53. The highest BCUT2D eigenvalue weighted by Gasteiger charge is 2.35. The van der Waals surface area contributed by atoms with Gasteiger partial charge in [-0.3, -0.25) is 4.90 Å². The normalized spacial score (nSPS) is 27.4. The molecule has 0 amide bonds. The van der Waals surface area contributed by atoms with E-state index in [1.54, 1.807) is 0 Å². The van der Waals surface area contributed by atoms with Crippen LogP contribution in [0.15, 0.2) is 0 Å². The fourth-order valence-corrected chi connectivity index (χ4v) is 4.56. The Morgan fingerprint density at radius 2 is 1.76 bits per heavy atom. The maximum absolute atomic E-state index is 3.77. The zero-order chi connectivity index (χ0) is 15.0. The monoisotopic (exact) mass is 294 g/mol. The minimum Gasteiger partial charge on any atom is -0.316 e. The highest BCUT2D eigenvalue weighted by Crippen LogP contribution is 2.37. The summed E-state index contributed by atoms with van der Waals surface area (Å²) in [6, 6.07) is 0.866. The lowest BCUT2D eigenvalue weighted by Gasteiger charge is -2.43. The van der Waals surface area contributed by atoms with E-state index in [0.29, 0.717) is 5.41 Å². The van der Waals surface area contributed by atoms with E-state index >= 15 is 0 Å². The van der Waals surface area contributed by atoms with Crippen molar-refractivity contribution in [1.29, 1.82) is 0 Å². The molecule has 0 spiro atoms. The molecule has 0 radical (unpaired) electrons. The van der Waals surface area contributed by atoms with Gasteiger partial charge in [0.25, 0.3) is 0 Å². The average Bonchev–Trinajstić information content (AvgIpc) is 2.74. The molecule has 2 rings (SSSR count). The van der Waals surface area contributed by atoms with Gasteiger partial charge in [-0.1, -0.05) is 46.0 Å². The third-order valence-electron chi connectivity index (χ3n) is 5.85. The van der Waals surface area contributed by atoms with Crippen LogP contribution in [0.5, 0.6) is 0 Å². The molecular weight excluding hydrogens is 256 g/mol. The average molecular weight is 295 g/mol. The lowest BCUT2D eigenvalue weighted by molar-refractivity contribution is 0.0669. The Balaban J connectivity index is 1.99. The first-order chi connectivity index (χ1) is 10.3. The number of rotatable bonds is 7. The lowest BCUT2D eigenvalue weighted by Crippen LogP contribution is -2.49. The molecule has 1 unspecified atom stereocenters. The Bertz CT molecular complexity index is 269. The zero-order valence-electron chi connectivity index (χ0n) is 14.6. The number of nitrogens with one attached hydrogen (secondary N) is 1. The molecule has 0 bridgehead atoms. The molecule has 0 aromatic rings. The van der Waals surface area contributed by atoms with E-state index in [9.17, 15) is 0 Å². The van der Waals surface area contributed by atoms with Crippen LogP contribution in [0.3, 0.4) is 0 Å². The second-order valence-electron chi connectivity index (χ2n) is 7.62. The van der Waals surface area contributed by atoms with Gasteiger partial charge in [-0.25, -0.2) is 0 Å². The Morgan fingerprint density at radius 1 is 1.00 bits per heavy atom. The van der Waals surface area contributed by atoms with E-state index in [2.05, 4.69) is 24.1 Å². The third-order valence-corrected chi connectivity index (χ3v) is 5.85. The molecule has 124 valence electrons. The quantitative estimate of drug-likeness (QED) is 0.545. The largest absolute Gasteiger partial charge is 0.316 e. The lowest BCUT2D eigenvalue weighted by atomic mass is 9.78. The molecular formula is C19H38N2. The van der Waals surface area contributed by atoms with Crippen LogP contribution in [-0.2, 0) is 0 Å². The molecule has 1 saturated heterocycles. The van der Waals surface area contributed by atoms with Gasteiger partial charge in [0, 0.05) is 19.1 Å². The standard InChI is InChI=1S/C19H38N2/c1-3-14-20-16-19(12-8-5-6-9-13-19)17-21-15-10-7-11-18(21)4-2/h18,20H,3-17H2,1-2H3. The summed E-state index contributed by atoms with van der Waals surface area (Å²) < 4.78 is 0. The van der Waals surface area contributed by atoms with Gasteiger partial charge in [0.2, 0.25) is 0 Å². The molecule has 0 aromatic carbocycles. The van der Waals surface area contributed by atoms with Gasteiger partial charge in [-0.2, -0.15) is 0 Å². The van der Waals surface area contributed by atoms with E-state index in [-0.39, 0.29) is 0 Å². The van der Waals surface area contributed by atoms with Gasteiger partial charge in [-0.05, 0) is 57.0 Å². The second-order valence-corrected chi connectivity index (χ2v) is 7.62. The van der Waals surface area contributed by atoms with E-state index in [1.165, 1.54) is 96.8 Å². The van der Waals surface area contributed by atoms with Crippen LogP contribution in [0.4, 0.5) is 0 Å². The summed E-state index contributed by atoms with van der Waals surface area (Å²) in [6.07, 6.45) is 15.7. The molecule has 1 saturated carbocycles. The van der Waals surface area contributed by atoms with Crippen molar-refractivity contribution in [3.05, 3.63) is 0 Å². The Labute approximate surface area is 133 Å². The second kappa shape index (κ2) is 9.15. The molecule has 1 N–H and O–H groups in total. The predicted molar refractivity (Wildman–Crippen MR) is 92.8 cm³/mol. The van der Waals surface area contributed by atoms with Crippen LogP contribution in [0.2, 0.25) is 0 Å². The van der Waals surface area contributed by atoms with Crippen LogP contribution in [0.1, 0.15) is 84.5 Å². The van der Waals surface area contributed by atoms with Crippen molar-refractivity contribution in [2.75, 3.05) is 26.2 Å². The predicted octanol–water partition coefficient (Wildman–Crippen LogP) is 4.59. The number of likely N-dealkylation sites (tertiary alicyclic amines) is 1. The first kappa shape index (κ1) is 17.3. The summed E-state index contributed by atoms with van der Waals surface area (Å²) in [7, 11) is 0. The zero-order valence-corrected chi connectivity index (χ0v) is 14.6. The first-order valence-corrected chi connectivity index (χ1v) is 9.74. The van der Waals surface area contributed by atoms with Gasteiger partial charge >= 0.3 is 0 Å². The van der Waals surface area contributed by atoms with Gasteiger partial charge in [0.1, 0.15) is 0 Å². The van der Waals surface area contributed by atoms with Crippen molar-refractivity contribution < 1.29 is 0 Å². The molecule has 1 aliphatic carbocycles. The molecule has 0 aromatic heterocycles. The number of nitrogens with zero attached hydrogens (tertiary/aromatic N) is 1. The van der Waals surface area contributed by atoms with Crippen molar-refractivity contribution in [3.63, 3.8) is 0 Å². The van der Waals surface area contributed by atoms with Crippen LogP contribution in [0.25, 0.3) is 0 Å². The molecule has 1 aliphatic heterocycles. The van der Waals surface area contributed by atoms with Crippen molar-refractivity contribution in [2.24, 2.45) is 5.41 Å². The Morgan fingerprint density at radius 3 is 2.43 bits per heavy atom. The summed E-state index contributed by atoms with van der Waals surface area (Å²) in [6.45, 7) is 9.84. The number of hydrogen-bond donors (Lipinski definition) is 1. The van der Waals surface area contributed by atoms with Crippen LogP contribution in [-0.4, -0.2) is 37.1 Å². The fraction of sp³-hybridized carbons (Fsp3) is 1.00. The van der Waals surface area contributed by atoms with Gasteiger partial charge in [-0.15, -0.1) is 0 Å². The summed E-state index contributed by atoms with van der Waals surface area (Å²) in [5.41, 5.74) is 0.566. The van der Waals surface area contributed by atoms with E-state index < -0.39 is 0 Å². The van der Waals surface area contributed by atoms with E-state index in [0.717, 1.165) is 6.04 Å². The highest BCUT2D eigenvalue weighted by molar-refractivity contribution is 4.89. The van der Waals surface area contributed by atoms with Crippen LogP contribution >= 0.6 is 0 Å².